The van der Waals surface area contributed by atoms with E-state index in [9.17, 15) is 8.42 Å². The fraction of sp³-hybridized carbons (Fsp3) is 0.286. The Morgan fingerprint density at radius 2 is 1.83 bits per heavy atom. The van der Waals surface area contributed by atoms with Gasteiger partial charge in [-0.25, -0.2) is 13.4 Å². The minimum atomic E-state index is -3.52. The molecule has 0 atom stereocenters. The van der Waals surface area contributed by atoms with Crippen LogP contribution in [0, 0.1) is 20.8 Å². The van der Waals surface area contributed by atoms with Crippen LogP contribution in [0.1, 0.15) is 22.5 Å². The van der Waals surface area contributed by atoms with Crippen LogP contribution < -0.4 is 9.46 Å². The van der Waals surface area contributed by atoms with E-state index < -0.39 is 10.0 Å². The van der Waals surface area contributed by atoms with Gasteiger partial charge in [0.25, 0.3) is 0 Å². The number of nitrogens with zero attached hydrogens (tertiary/aromatic N) is 3. The van der Waals surface area contributed by atoms with Crippen molar-refractivity contribution < 1.29 is 17.9 Å². The summed E-state index contributed by atoms with van der Waals surface area (Å²) in [6.45, 7) is 6.06. The lowest BCUT2D eigenvalue weighted by atomic mass is 10.1. The maximum atomic E-state index is 11.8. The van der Waals surface area contributed by atoms with Gasteiger partial charge in [0, 0.05) is 30.8 Å². The number of sulfonamides is 1. The molecule has 9 heteroatoms. The highest BCUT2D eigenvalue weighted by Gasteiger charge is 2.16. The van der Waals surface area contributed by atoms with Crippen molar-refractivity contribution in [2.24, 2.45) is 0 Å². The first kappa shape index (κ1) is 21.7. The van der Waals surface area contributed by atoms with Crippen LogP contribution in [-0.4, -0.2) is 36.7 Å². The molecule has 1 N–H and O–H groups in total. The van der Waals surface area contributed by atoms with Crippen molar-refractivity contribution in [1.82, 2.24) is 15.0 Å². The fourth-order valence-corrected chi connectivity index (χ4v) is 3.65. The predicted molar refractivity (Wildman–Crippen MR) is 115 cm³/mol. The Hall–Kier alpha value is -3.04. The van der Waals surface area contributed by atoms with Gasteiger partial charge in [-0.15, -0.1) is 0 Å². The Bertz CT molecular complexity index is 1160. The molecular formula is C21H24N4O4S. The van der Waals surface area contributed by atoms with Gasteiger partial charge in [0.15, 0.2) is 5.75 Å². The summed E-state index contributed by atoms with van der Waals surface area (Å²) in [7, 11) is -1.91. The Morgan fingerprint density at radius 3 is 2.50 bits per heavy atom. The summed E-state index contributed by atoms with van der Waals surface area (Å²) in [6.07, 6.45) is 4.47. The van der Waals surface area contributed by atoms with Crippen molar-refractivity contribution >= 4 is 15.7 Å². The van der Waals surface area contributed by atoms with E-state index >= 15 is 0 Å². The van der Waals surface area contributed by atoms with E-state index in [-0.39, 0.29) is 11.6 Å². The summed E-state index contributed by atoms with van der Waals surface area (Å²) >= 11 is 0. The molecule has 0 aromatic carbocycles. The van der Waals surface area contributed by atoms with E-state index in [0.717, 1.165) is 28.6 Å². The highest BCUT2D eigenvalue weighted by Crippen LogP contribution is 2.34. The van der Waals surface area contributed by atoms with Crippen LogP contribution in [0.4, 0.5) is 5.69 Å². The molecule has 0 bridgehead atoms. The van der Waals surface area contributed by atoms with Crippen LogP contribution in [0.25, 0.3) is 11.3 Å². The minimum absolute atomic E-state index is 0.131. The molecule has 3 aromatic heterocycles. The van der Waals surface area contributed by atoms with Gasteiger partial charge in [-0.05, 0) is 56.2 Å². The van der Waals surface area contributed by atoms with Crippen molar-refractivity contribution in [1.29, 1.82) is 0 Å². The van der Waals surface area contributed by atoms with Gasteiger partial charge in [0.2, 0.25) is 15.9 Å². The average Bonchev–Trinajstić information content (AvgIpc) is 2.65. The van der Waals surface area contributed by atoms with Crippen LogP contribution in [0.3, 0.4) is 0 Å². The lowest BCUT2D eigenvalue weighted by molar-refractivity contribution is 0.184. The van der Waals surface area contributed by atoms with E-state index in [0.29, 0.717) is 23.7 Å². The zero-order valence-corrected chi connectivity index (χ0v) is 18.4. The maximum absolute atomic E-state index is 11.8. The summed E-state index contributed by atoms with van der Waals surface area (Å²) < 4.78 is 37.3. The molecule has 3 heterocycles. The third kappa shape index (κ3) is 5.31. The van der Waals surface area contributed by atoms with Crippen molar-refractivity contribution in [2.45, 2.75) is 27.4 Å². The first-order valence-electron chi connectivity index (χ1n) is 9.21. The Balaban J connectivity index is 2.09. The first-order chi connectivity index (χ1) is 14.2. The molecule has 158 valence electrons. The Labute approximate surface area is 176 Å². The number of pyridine rings is 3. The molecule has 0 saturated carbocycles. The molecule has 3 rings (SSSR count). The summed E-state index contributed by atoms with van der Waals surface area (Å²) in [5.41, 5.74) is 4.92. The van der Waals surface area contributed by atoms with Crippen LogP contribution in [0.5, 0.6) is 11.6 Å². The lowest BCUT2D eigenvalue weighted by Gasteiger charge is -2.16. The third-order valence-corrected chi connectivity index (χ3v) is 4.80. The molecule has 0 unspecified atom stereocenters. The number of hydrogen-bond donors (Lipinski definition) is 1. The molecule has 0 spiro atoms. The van der Waals surface area contributed by atoms with E-state index in [4.69, 9.17) is 9.47 Å². The van der Waals surface area contributed by atoms with Crippen LogP contribution in [0.15, 0.2) is 36.7 Å². The van der Waals surface area contributed by atoms with Crippen molar-refractivity contribution in [2.75, 3.05) is 18.1 Å². The second-order valence-corrected chi connectivity index (χ2v) is 8.78. The van der Waals surface area contributed by atoms with E-state index in [1.54, 1.807) is 31.6 Å². The molecule has 0 amide bonds. The maximum Gasteiger partial charge on any atom is 0.244 e. The zero-order chi connectivity index (χ0) is 21.9. The second-order valence-electron chi connectivity index (χ2n) is 7.04. The summed E-state index contributed by atoms with van der Waals surface area (Å²) in [6, 6.07) is 7.14. The van der Waals surface area contributed by atoms with Crippen molar-refractivity contribution in [3.63, 3.8) is 0 Å². The van der Waals surface area contributed by atoms with E-state index in [2.05, 4.69) is 19.7 Å². The first-order valence-corrected chi connectivity index (χ1v) is 11.1. The Morgan fingerprint density at radius 1 is 1.07 bits per heavy atom. The quantitative estimate of drug-likeness (QED) is 0.611. The molecule has 0 aliphatic carbocycles. The van der Waals surface area contributed by atoms with E-state index in [1.807, 2.05) is 32.9 Å². The van der Waals surface area contributed by atoms with Crippen LogP contribution >= 0.6 is 0 Å². The standard InChI is InChI=1S/C21H24N4O4S/c1-13-8-14(2)23-15(3)20(13)29-21-19(25-30(5,26)27)7-6-18(24-21)17-9-16(12-28-4)10-22-11-17/h6-11,25H,12H2,1-5H3. The molecule has 3 aromatic rings. The molecule has 0 aliphatic rings. The van der Waals surface area contributed by atoms with Gasteiger partial charge in [0.1, 0.15) is 5.69 Å². The van der Waals surface area contributed by atoms with Gasteiger partial charge in [0.05, 0.1) is 24.3 Å². The molecule has 0 radical (unpaired) electrons. The smallest absolute Gasteiger partial charge is 0.244 e. The third-order valence-electron chi connectivity index (χ3n) is 4.21. The molecular weight excluding hydrogens is 404 g/mol. The molecule has 0 fully saturated rings. The number of anilines is 1. The normalized spacial score (nSPS) is 11.4. The average molecular weight is 429 g/mol. The number of methoxy groups -OCH3 is 1. The second kappa shape index (κ2) is 8.76. The van der Waals surface area contributed by atoms with Crippen LogP contribution in [0.2, 0.25) is 0 Å². The van der Waals surface area contributed by atoms with Gasteiger partial charge in [-0.2, -0.15) is 0 Å². The van der Waals surface area contributed by atoms with Gasteiger partial charge in [-0.3, -0.25) is 14.7 Å². The number of aromatic nitrogens is 3. The number of ether oxygens (including phenoxy) is 2. The summed E-state index contributed by atoms with van der Waals surface area (Å²) in [4.78, 5) is 13.2. The van der Waals surface area contributed by atoms with Crippen molar-refractivity contribution in [3.05, 3.63) is 59.2 Å². The molecule has 8 nitrogen and oxygen atoms in total. The molecule has 30 heavy (non-hydrogen) atoms. The van der Waals surface area contributed by atoms with Gasteiger partial charge < -0.3 is 9.47 Å². The number of nitrogens with one attached hydrogen (secondary N) is 1. The SMILES string of the molecule is COCc1cncc(-c2ccc(NS(C)(=O)=O)c(Oc3c(C)cc(C)nc3C)n2)c1. The lowest BCUT2D eigenvalue weighted by Crippen LogP contribution is -2.11. The Kier molecular flexibility index (Phi) is 6.33. The molecule has 0 saturated heterocycles. The van der Waals surface area contributed by atoms with Gasteiger partial charge in [-0.1, -0.05) is 0 Å². The van der Waals surface area contributed by atoms with Crippen LogP contribution in [-0.2, 0) is 21.4 Å². The molecule has 0 aliphatic heterocycles. The van der Waals surface area contributed by atoms with Gasteiger partial charge >= 0.3 is 0 Å². The van der Waals surface area contributed by atoms with Crippen molar-refractivity contribution in [3.8, 4) is 22.9 Å². The minimum Gasteiger partial charge on any atom is -0.435 e. The summed E-state index contributed by atoms with van der Waals surface area (Å²) in [5, 5.41) is 0. The highest BCUT2D eigenvalue weighted by atomic mass is 32.2. The number of aryl methyl sites for hydroxylation is 3. The zero-order valence-electron chi connectivity index (χ0n) is 17.6. The summed E-state index contributed by atoms with van der Waals surface area (Å²) in [5.74, 6) is 0.667. The highest BCUT2D eigenvalue weighted by molar-refractivity contribution is 7.92. The number of hydrogen-bond acceptors (Lipinski definition) is 7. The predicted octanol–water partition coefficient (Wildman–Crippen LogP) is 3.77. The number of rotatable bonds is 7. The fourth-order valence-electron chi connectivity index (χ4n) is 3.09. The largest absolute Gasteiger partial charge is 0.435 e. The topological polar surface area (TPSA) is 103 Å². The van der Waals surface area contributed by atoms with E-state index in [1.165, 1.54) is 0 Å². The monoisotopic (exact) mass is 428 g/mol.